The van der Waals surface area contributed by atoms with Gasteiger partial charge in [-0.25, -0.2) is 4.79 Å². The van der Waals surface area contributed by atoms with Crippen LogP contribution in [0.15, 0.2) is 24.5 Å². The first-order valence-corrected chi connectivity index (χ1v) is 8.26. The monoisotopic (exact) mass is 332 g/mol. The van der Waals surface area contributed by atoms with E-state index in [4.69, 9.17) is 4.74 Å². The summed E-state index contributed by atoms with van der Waals surface area (Å²) in [6.45, 7) is 4.04. The molecular weight excluding hydrogens is 308 g/mol. The van der Waals surface area contributed by atoms with Crippen molar-refractivity contribution < 1.29 is 9.53 Å². The molecule has 3 heterocycles. The Morgan fingerprint density at radius 1 is 1.54 bits per heavy atom. The van der Waals surface area contributed by atoms with Crippen LogP contribution in [0.1, 0.15) is 37.4 Å². The van der Waals surface area contributed by atoms with E-state index in [0.29, 0.717) is 24.9 Å². The zero-order valence-corrected chi connectivity index (χ0v) is 14.1. The number of carbonyl (C=O) groups excluding carboxylic acids is 1. The molecule has 1 aliphatic rings. The standard InChI is InChI=1S/C16H24N6O2/c1-12(11-24-2)22-9-6-15(20-22)18-16(23)21-8-3-4-13(10-21)14-5-7-17-19-14/h5-7,9,12-13H,3-4,8,10-11H2,1-2H3,(H,17,19)(H,18,20,23)/t12-,13-/m1/s1. The molecule has 2 atom stereocenters. The van der Waals surface area contributed by atoms with Gasteiger partial charge in [0.1, 0.15) is 0 Å². The normalized spacial score (nSPS) is 19.2. The number of piperidine rings is 1. The number of amides is 2. The van der Waals surface area contributed by atoms with Crippen molar-refractivity contribution in [3.63, 3.8) is 0 Å². The van der Waals surface area contributed by atoms with Crippen molar-refractivity contribution in [1.29, 1.82) is 0 Å². The van der Waals surface area contributed by atoms with Crippen LogP contribution in [0.4, 0.5) is 10.6 Å². The van der Waals surface area contributed by atoms with Crippen LogP contribution in [0, 0.1) is 0 Å². The Morgan fingerprint density at radius 2 is 2.42 bits per heavy atom. The smallest absolute Gasteiger partial charge is 0.323 e. The second-order valence-corrected chi connectivity index (χ2v) is 6.21. The van der Waals surface area contributed by atoms with Crippen LogP contribution in [0.5, 0.6) is 0 Å². The van der Waals surface area contributed by atoms with E-state index in [0.717, 1.165) is 25.1 Å². The molecule has 0 radical (unpaired) electrons. The summed E-state index contributed by atoms with van der Waals surface area (Å²) in [6, 6.07) is 3.80. The predicted molar refractivity (Wildman–Crippen MR) is 90.0 cm³/mol. The van der Waals surface area contributed by atoms with Crippen molar-refractivity contribution in [2.45, 2.75) is 31.7 Å². The lowest BCUT2D eigenvalue weighted by molar-refractivity contribution is 0.157. The molecule has 8 heteroatoms. The number of anilines is 1. The van der Waals surface area contributed by atoms with Crippen molar-refractivity contribution in [3.05, 3.63) is 30.2 Å². The Kier molecular flexibility index (Phi) is 5.14. The van der Waals surface area contributed by atoms with E-state index in [2.05, 4.69) is 20.6 Å². The number of nitrogens with zero attached hydrogens (tertiary/aromatic N) is 4. The summed E-state index contributed by atoms with van der Waals surface area (Å²) in [5, 5.41) is 14.3. The van der Waals surface area contributed by atoms with Crippen molar-refractivity contribution >= 4 is 11.8 Å². The number of hydrogen-bond acceptors (Lipinski definition) is 4. The molecule has 130 valence electrons. The fourth-order valence-corrected chi connectivity index (χ4v) is 3.07. The van der Waals surface area contributed by atoms with Gasteiger partial charge >= 0.3 is 6.03 Å². The summed E-state index contributed by atoms with van der Waals surface area (Å²) in [5.41, 5.74) is 1.09. The fourth-order valence-electron chi connectivity index (χ4n) is 3.07. The summed E-state index contributed by atoms with van der Waals surface area (Å²) in [5.74, 6) is 0.873. The zero-order chi connectivity index (χ0) is 16.9. The van der Waals surface area contributed by atoms with Gasteiger partial charge in [-0.05, 0) is 25.8 Å². The first kappa shape index (κ1) is 16.5. The molecule has 0 spiro atoms. The molecule has 24 heavy (non-hydrogen) atoms. The lowest BCUT2D eigenvalue weighted by atomic mass is 9.95. The summed E-state index contributed by atoms with van der Waals surface area (Å²) >= 11 is 0. The molecule has 8 nitrogen and oxygen atoms in total. The zero-order valence-electron chi connectivity index (χ0n) is 14.1. The Morgan fingerprint density at radius 3 is 3.17 bits per heavy atom. The minimum atomic E-state index is -0.108. The van der Waals surface area contributed by atoms with Crippen LogP contribution >= 0.6 is 0 Å². The summed E-state index contributed by atoms with van der Waals surface area (Å²) in [7, 11) is 1.66. The topological polar surface area (TPSA) is 88.1 Å². The Bertz CT molecular complexity index is 653. The Hall–Kier alpha value is -2.35. The third-order valence-electron chi connectivity index (χ3n) is 4.37. The third kappa shape index (κ3) is 3.76. The van der Waals surface area contributed by atoms with E-state index >= 15 is 0 Å². The molecule has 0 unspecified atom stereocenters. The number of likely N-dealkylation sites (tertiary alicyclic amines) is 1. The van der Waals surface area contributed by atoms with Crippen LogP contribution in [-0.2, 0) is 4.74 Å². The Labute approximate surface area is 141 Å². The Balaban J connectivity index is 1.58. The van der Waals surface area contributed by atoms with Gasteiger partial charge in [0.25, 0.3) is 0 Å². The number of nitrogens with one attached hydrogen (secondary N) is 2. The maximum atomic E-state index is 12.5. The number of rotatable bonds is 5. The van der Waals surface area contributed by atoms with Gasteiger partial charge in [-0.15, -0.1) is 0 Å². The summed E-state index contributed by atoms with van der Waals surface area (Å²) in [4.78, 5) is 14.3. The van der Waals surface area contributed by atoms with Gasteiger partial charge in [-0.3, -0.25) is 15.1 Å². The van der Waals surface area contributed by atoms with Gasteiger partial charge in [0.05, 0.1) is 12.6 Å². The van der Waals surface area contributed by atoms with Gasteiger partial charge in [-0.1, -0.05) is 0 Å². The van der Waals surface area contributed by atoms with Gasteiger partial charge < -0.3 is 9.64 Å². The SMILES string of the molecule is COC[C@@H](C)n1ccc(NC(=O)N2CCC[C@@H](c3ccn[nH]3)C2)n1. The highest BCUT2D eigenvalue weighted by atomic mass is 16.5. The average molecular weight is 332 g/mol. The number of aromatic amines is 1. The number of hydrogen-bond donors (Lipinski definition) is 2. The number of H-pyrrole nitrogens is 1. The molecule has 2 N–H and O–H groups in total. The third-order valence-corrected chi connectivity index (χ3v) is 4.37. The average Bonchev–Trinajstić information content (AvgIpc) is 3.27. The molecule has 0 saturated carbocycles. The van der Waals surface area contributed by atoms with Gasteiger partial charge in [0.15, 0.2) is 5.82 Å². The van der Waals surface area contributed by atoms with Gasteiger partial charge in [-0.2, -0.15) is 10.2 Å². The second-order valence-electron chi connectivity index (χ2n) is 6.21. The highest BCUT2D eigenvalue weighted by Gasteiger charge is 2.26. The van der Waals surface area contributed by atoms with Crippen molar-refractivity contribution in [2.24, 2.45) is 0 Å². The number of carbonyl (C=O) groups is 1. The van der Waals surface area contributed by atoms with Crippen LogP contribution in [0.25, 0.3) is 0 Å². The van der Waals surface area contributed by atoms with Gasteiger partial charge in [0.2, 0.25) is 0 Å². The maximum Gasteiger partial charge on any atom is 0.323 e. The molecule has 3 rings (SSSR count). The minimum absolute atomic E-state index is 0.108. The van der Waals surface area contributed by atoms with Crippen LogP contribution in [-0.4, -0.2) is 57.7 Å². The van der Waals surface area contributed by atoms with Crippen LogP contribution < -0.4 is 5.32 Å². The number of urea groups is 1. The summed E-state index contributed by atoms with van der Waals surface area (Å²) < 4.78 is 6.92. The molecule has 1 saturated heterocycles. The fraction of sp³-hybridized carbons (Fsp3) is 0.562. The van der Waals surface area contributed by atoms with Crippen molar-refractivity contribution in [3.8, 4) is 0 Å². The highest BCUT2D eigenvalue weighted by molar-refractivity contribution is 5.88. The first-order valence-electron chi connectivity index (χ1n) is 8.26. The van der Waals surface area contributed by atoms with Crippen molar-refractivity contribution in [1.82, 2.24) is 24.9 Å². The summed E-state index contributed by atoms with van der Waals surface area (Å²) in [6.07, 6.45) is 5.65. The lowest BCUT2D eigenvalue weighted by Crippen LogP contribution is -2.41. The number of methoxy groups -OCH3 is 1. The molecule has 2 aromatic heterocycles. The van der Waals surface area contributed by atoms with E-state index in [1.54, 1.807) is 24.1 Å². The molecule has 2 aromatic rings. The quantitative estimate of drug-likeness (QED) is 0.879. The molecule has 0 aliphatic carbocycles. The highest BCUT2D eigenvalue weighted by Crippen LogP contribution is 2.25. The van der Waals surface area contributed by atoms with E-state index in [1.807, 2.05) is 24.1 Å². The molecular formula is C16H24N6O2. The van der Waals surface area contributed by atoms with Crippen molar-refractivity contribution in [2.75, 3.05) is 32.1 Å². The molecule has 2 amide bonds. The molecule has 0 aromatic carbocycles. The largest absolute Gasteiger partial charge is 0.382 e. The van der Waals surface area contributed by atoms with Gasteiger partial charge in [0, 0.05) is 50.3 Å². The first-order chi connectivity index (χ1) is 11.7. The van der Waals surface area contributed by atoms with E-state index in [-0.39, 0.29) is 12.1 Å². The minimum Gasteiger partial charge on any atom is -0.382 e. The van der Waals surface area contributed by atoms with E-state index in [1.165, 1.54) is 0 Å². The molecule has 1 fully saturated rings. The van der Waals surface area contributed by atoms with Crippen LogP contribution in [0.3, 0.4) is 0 Å². The number of aromatic nitrogens is 4. The maximum absolute atomic E-state index is 12.5. The van der Waals surface area contributed by atoms with E-state index in [9.17, 15) is 4.79 Å². The molecule has 1 aliphatic heterocycles. The van der Waals surface area contributed by atoms with E-state index < -0.39 is 0 Å². The number of ether oxygens (including phenoxy) is 1. The predicted octanol–water partition coefficient (Wildman–Crippen LogP) is 2.23. The lowest BCUT2D eigenvalue weighted by Gasteiger charge is -2.32. The second kappa shape index (κ2) is 7.48. The van der Waals surface area contributed by atoms with Crippen LogP contribution in [0.2, 0.25) is 0 Å². The molecule has 0 bridgehead atoms.